The van der Waals surface area contributed by atoms with Gasteiger partial charge in [0.2, 0.25) is 0 Å². The Kier molecular flexibility index (Phi) is 11.9. The minimum atomic E-state index is 1.05. The van der Waals surface area contributed by atoms with E-state index < -0.39 is 0 Å². The average molecular weight is 993 g/mol. The third-order valence-corrected chi connectivity index (χ3v) is 15.3. The highest BCUT2D eigenvalue weighted by atomic mass is 15.1. The first-order valence-corrected chi connectivity index (χ1v) is 26.8. The lowest BCUT2D eigenvalue weighted by Crippen LogP contribution is -2.11. The fourth-order valence-electron chi connectivity index (χ4n) is 11.5. The minimum absolute atomic E-state index is 1.05. The van der Waals surface area contributed by atoms with E-state index >= 15 is 0 Å². The Morgan fingerprint density at radius 3 is 1.15 bits per heavy atom. The quantitative estimate of drug-likeness (QED) is 0.125. The first-order valence-electron chi connectivity index (χ1n) is 26.8. The zero-order valence-electron chi connectivity index (χ0n) is 42.9. The molecule has 0 saturated heterocycles. The molecule has 2 nitrogen and oxygen atoms in total. The topological polar surface area (TPSA) is 8.17 Å². The van der Waals surface area contributed by atoms with Crippen LogP contribution in [0.1, 0.15) is 0 Å². The van der Waals surface area contributed by atoms with Gasteiger partial charge < -0.3 is 9.47 Å². The van der Waals surface area contributed by atoms with Crippen molar-refractivity contribution in [3.63, 3.8) is 0 Å². The molecule has 0 N–H and O–H groups in total. The molecule has 0 aliphatic carbocycles. The highest BCUT2D eigenvalue weighted by molar-refractivity contribution is 6.16. The molecule has 2 heteroatoms. The summed E-state index contributed by atoms with van der Waals surface area (Å²) in [6, 6.07) is 115. The fourth-order valence-corrected chi connectivity index (χ4v) is 11.5. The van der Waals surface area contributed by atoms with Gasteiger partial charge in [0.05, 0.1) is 11.0 Å². The number of hydrogen-bond donors (Lipinski definition) is 0. The number of para-hydroxylation sites is 2. The average Bonchev–Trinajstić information content (AvgIpc) is 3.89. The van der Waals surface area contributed by atoms with Crippen molar-refractivity contribution >= 4 is 49.6 Å². The van der Waals surface area contributed by atoms with Crippen LogP contribution in [0.3, 0.4) is 0 Å². The van der Waals surface area contributed by atoms with Gasteiger partial charge in [0, 0.05) is 33.5 Å². The van der Waals surface area contributed by atoms with E-state index in [4.69, 9.17) is 0 Å². The number of rotatable bonds is 11. The molecular weight excluding hydrogens is 941 g/mol. The van der Waals surface area contributed by atoms with E-state index in [1.54, 1.807) is 0 Å². The van der Waals surface area contributed by atoms with Gasteiger partial charge in [-0.05, 0) is 186 Å². The predicted octanol–water partition coefficient (Wildman–Crippen LogP) is 21.1. The molecule has 0 spiro atoms. The van der Waals surface area contributed by atoms with Crippen LogP contribution < -0.4 is 4.90 Å². The molecule has 0 atom stereocenters. The van der Waals surface area contributed by atoms with Gasteiger partial charge in [-0.1, -0.05) is 218 Å². The van der Waals surface area contributed by atoms with Gasteiger partial charge in [-0.15, -0.1) is 0 Å². The van der Waals surface area contributed by atoms with Gasteiger partial charge in [0.25, 0.3) is 0 Å². The zero-order valence-corrected chi connectivity index (χ0v) is 42.9. The standard InChI is InChI=1S/C76H52N2/c1-6-21-53(22-7-1)63-45-64(54-23-8-2-9-24-54)50-70(49-63)77(71-51-65(55-25-10-3-11-26-55)46-66(52-71)56-27-12-4-13-28-56)69-41-39-58(40-42-69)61-44-62(60-38-37-57-29-16-17-30-59(57)43-60)48-67(47-61)72-34-20-36-75-76(72)73-33-18-19-35-74(73)78(75)68-31-14-5-15-32-68/h1-52H. The molecule has 14 aromatic rings. The molecule has 1 heterocycles. The Balaban J connectivity index is 0.974. The van der Waals surface area contributed by atoms with Gasteiger partial charge in [-0.25, -0.2) is 0 Å². The van der Waals surface area contributed by atoms with Crippen LogP contribution in [0.25, 0.3) is 116 Å². The third-order valence-electron chi connectivity index (χ3n) is 15.3. The molecular formula is C76H52N2. The molecule has 1 aromatic heterocycles. The molecule has 0 bridgehead atoms. The Hall–Kier alpha value is -10.3. The van der Waals surface area contributed by atoms with Crippen LogP contribution in [0.4, 0.5) is 17.1 Å². The lowest BCUT2D eigenvalue weighted by Gasteiger charge is -2.28. The van der Waals surface area contributed by atoms with E-state index in [1.165, 1.54) is 54.8 Å². The first kappa shape index (κ1) is 46.3. The number of fused-ring (bicyclic) bond motifs is 4. The van der Waals surface area contributed by atoms with Gasteiger partial charge in [0.1, 0.15) is 0 Å². The maximum absolute atomic E-state index is 2.45. The summed E-state index contributed by atoms with van der Waals surface area (Å²) < 4.78 is 2.41. The van der Waals surface area contributed by atoms with Gasteiger partial charge in [-0.3, -0.25) is 0 Å². The van der Waals surface area contributed by atoms with Crippen LogP contribution >= 0.6 is 0 Å². The van der Waals surface area contributed by atoms with Crippen molar-refractivity contribution in [2.75, 3.05) is 4.90 Å². The van der Waals surface area contributed by atoms with E-state index in [1.807, 2.05) is 0 Å². The Morgan fingerprint density at radius 2 is 0.615 bits per heavy atom. The number of benzene rings is 13. The maximum Gasteiger partial charge on any atom is 0.0547 e. The molecule has 0 fully saturated rings. The summed E-state index contributed by atoms with van der Waals surface area (Å²) in [6.07, 6.45) is 0. The Morgan fingerprint density at radius 1 is 0.218 bits per heavy atom. The lowest BCUT2D eigenvalue weighted by atomic mass is 9.91. The molecule has 0 radical (unpaired) electrons. The molecule has 0 unspecified atom stereocenters. The van der Waals surface area contributed by atoms with Crippen molar-refractivity contribution in [3.8, 4) is 83.6 Å². The normalized spacial score (nSPS) is 11.3. The molecule has 0 aliphatic heterocycles. The van der Waals surface area contributed by atoms with Crippen molar-refractivity contribution in [3.05, 3.63) is 315 Å². The second-order valence-electron chi connectivity index (χ2n) is 20.1. The van der Waals surface area contributed by atoms with Gasteiger partial charge in [0.15, 0.2) is 0 Å². The van der Waals surface area contributed by atoms with Crippen molar-refractivity contribution in [2.24, 2.45) is 0 Å². The second-order valence-corrected chi connectivity index (χ2v) is 20.1. The molecule has 13 aromatic carbocycles. The molecule has 14 rings (SSSR count). The first-order chi connectivity index (χ1) is 38.6. The van der Waals surface area contributed by atoms with E-state index in [9.17, 15) is 0 Å². The summed E-state index contributed by atoms with van der Waals surface area (Å²) in [5.41, 5.74) is 22.9. The largest absolute Gasteiger partial charge is 0.310 e. The number of aromatic nitrogens is 1. The van der Waals surface area contributed by atoms with Gasteiger partial charge in [-0.2, -0.15) is 0 Å². The third kappa shape index (κ3) is 8.81. The van der Waals surface area contributed by atoms with Gasteiger partial charge >= 0.3 is 0 Å². The van der Waals surface area contributed by atoms with Crippen LogP contribution in [-0.2, 0) is 0 Å². The van der Waals surface area contributed by atoms with Crippen LogP contribution in [0.15, 0.2) is 315 Å². The highest BCUT2D eigenvalue weighted by Crippen LogP contribution is 2.45. The fraction of sp³-hybridized carbons (Fsp3) is 0. The molecule has 0 aliphatic rings. The van der Waals surface area contributed by atoms with Crippen molar-refractivity contribution < 1.29 is 0 Å². The summed E-state index contributed by atoms with van der Waals surface area (Å²) in [5, 5.41) is 4.92. The van der Waals surface area contributed by atoms with E-state index in [0.717, 1.165) is 78.4 Å². The summed E-state index contributed by atoms with van der Waals surface area (Å²) in [5.74, 6) is 0. The Labute approximate surface area is 455 Å². The second kappa shape index (κ2) is 20.1. The maximum atomic E-state index is 2.45. The monoisotopic (exact) mass is 992 g/mol. The van der Waals surface area contributed by atoms with E-state index in [0.29, 0.717) is 0 Å². The number of anilines is 3. The summed E-state index contributed by atoms with van der Waals surface area (Å²) in [7, 11) is 0. The summed E-state index contributed by atoms with van der Waals surface area (Å²) in [4.78, 5) is 2.45. The van der Waals surface area contributed by atoms with E-state index in [-0.39, 0.29) is 0 Å². The van der Waals surface area contributed by atoms with Crippen molar-refractivity contribution in [2.45, 2.75) is 0 Å². The summed E-state index contributed by atoms with van der Waals surface area (Å²) in [6.45, 7) is 0. The summed E-state index contributed by atoms with van der Waals surface area (Å²) >= 11 is 0. The van der Waals surface area contributed by atoms with E-state index in [2.05, 4.69) is 325 Å². The van der Waals surface area contributed by atoms with Crippen LogP contribution in [0.2, 0.25) is 0 Å². The molecule has 0 amide bonds. The predicted molar refractivity (Wildman–Crippen MR) is 331 cm³/mol. The SMILES string of the molecule is c1ccc(-c2cc(-c3ccccc3)cc(N(c3ccc(-c4cc(-c5ccc6ccccc6c5)cc(-c5cccc6c5c5ccccc5n6-c5ccccc5)c4)cc3)c3cc(-c4ccccc4)cc(-c4ccccc4)c3)c2)cc1. The molecule has 0 saturated carbocycles. The van der Waals surface area contributed by atoms with Crippen LogP contribution in [0, 0.1) is 0 Å². The van der Waals surface area contributed by atoms with Crippen LogP contribution in [-0.4, -0.2) is 4.57 Å². The van der Waals surface area contributed by atoms with Crippen molar-refractivity contribution in [1.82, 2.24) is 4.57 Å². The highest BCUT2D eigenvalue weighted by Gasteiger charge is 2.21. The number of hydrogen-bond acceptors (Lipinski definition) is 1. The minimum Gasteiger partial charge on any atom is -0.310 e. The Bertz CT molecular complexity index is 4210. The van der Waals surface area contributed by atoms with Crippen molar-refractivity contribution in [1.29, 1.82) is 0 Å². The lowest BCUT2D eigenvalue weighted by molar-refractivity contribution is 1.18. The smallest absolute Gasteiger partial charge is 0.0547 e. The molecule has 366 valence electrons. The molecule has 78 heavy (non-hydrogen) atoms. The van der Waals surface area contributed by atoms with Crippen LogP contribution in [0.5, 0.6) is 0 Å². The number of nitrogens with zero attached hydrogens (tertiary/aromatic N) is 2. The zero-order chi connectivity index (χ0) is 51.8.